The van der Waals surface area contributed by atoms with E-state index < -0.39 is 11.9 Å². The molecule has 1 saturated heterocycles. The number of aromatic amines is 1. The summed E-state index contributed by atoms with van der Waals surface area (Å²) in [7, 11) is 0. The molecule has 3 N–H and O–H groups in total. The van der Waals surface area contributed by atoms with Gasteiger partial charge in [0.2, 0.25) is 0 Å². The Balaban J connectivity index is 1.38. The predicted molar refractivity (Wildman–Crippen MR) is 146 cm³/mol. The van der Waals surface area contributed by atoms with Gasteiger partial charge in [-0.05, 0) is 43.2 Å². The van der Waals surface area contributed by atoms with Gasteiger partial charge in [0.15, 0.2) is 5.69 Å². The Morgan fingerprint density at radius 2 is 1.85 bits per heavy atom. The number of amides is 1. The fourth-order valence-electron chi connectivity index (χ4n) is 5.24. The van der Waals surface area contributed by atoms with Gasteiger partial charge < -0.3 is 15.2 Å². The number of H-pyrrole nitrogens is 1. The number of anilines is 1. The maximum atomic E-state index is 13.4. The van der Waals surface area contributed by atoms with E-state index in [0.29, 0.717) is 57.7 Å². The second kappa shape index (κ2) is 9.80. The van der Waals surface area contributed by atoms with E-state index in [4.69, 9.17) is 4.74 Å². The molecule has 6 rings (SSSR count). The molecule has 39 heavy (non-hydrogen) atoms. The summed E-state index contributed by atoms with van der Waals surface area (Å²) in [5.41, 5.74) is 2.30. The topological polar surface area (TPSA) is 139 Å². The normalized spacial score (nSPS) is 15.2. The first-order chi connectivity index (χ1) is 18.9. The molecule has 1 atom stereocenters. The first-order valence-electron chi connectivity index (χ1n) is 12.6. The summed E-state index contributed by atoms with van der Waals surface area (Å²) in [4.78, 5) is 38.1. The molecule has 3 heterocycles. The Labute approximate surface area is 222 Å². The van der Waals surface area contributed by atoms with Crippen molar-refractivity contribution >= 4 is 39.2 Å². The number of carboxylic acids is 1. The van der Waals surface area contributed by atoms with Gasteiger partial charge in [0.1, 0.15) is 0 Å². The van der Waals surface area contributed by atoms with E-state index >= 15 is 0 Å². The molecule has 0 spiro atoms. The fourth-order valence-corrected chi connectivity index (χ4v) is 5.24. The lowest BCUT2D eigenvalue weighted by Gasteiger charge is -2.14. The summed E-state index contributed by atoms with van der Waals surface area (Å²) in [6.07, 6.45) is 0.943. The van der Waals surface area contributed by atoms with Crippen LogP contribution in [0.2, 0.25) is 0 Å². The molecule has 2 aromatic heterocycles. The molecule has 10 heteroatoms. The fraction of sp³-hybridized carbons (Fsp3) is 0.207. The number of rotatable bonds is 6. The number of nitrogens with one attached hydrogen (secondary N) is 2. The molecule has 0 bridgehead atoms. The Morgan fingerprint density at radius 3 is 2.59 bits per heavy atom. The Bertz CT molecular complexity index is 1820. The maximum Gasteiger partial charge on any atom is 0.336 e. The average molecular weight is 524 g/mol. The van der Waals surface area contributed by atoms with Gasteiger partial charge in [0, 0.05) is 41.1 Å². The van der Waals surface area contributed by atoms with E-state index in [0.717, 1.165) is 18.5 Å². The largest absolute Gasteiger partial charge is 0.478 e. The van der Waals surface area contributed by atoms with Gasteiger partial charge in [-0.25, -0.2) is 9.89 Å². The summed E-state index contributed by atoms with van der Waals surface area (Å²) < 4.78 is 7.34. The molecule has 0 radical (unpaired) electrons. The minimum Gasteiger partial charge on any atom is -0.478 e. The van der Waals surface area contributed by atoms with E-state index in [1.807, 2.05) is 28.9 Å². The number of carbonyl (C=O) groups is 2. The van der Waals surface area contributed by atoms with Crippen LogP contribution in [-0.2, 0) is 11.3 Å². The highest BCUT2D eigenvalue weighted by atomic mass is 16.5. The zero-order valence-electron chi connectivity index (χ0n) is 21.1. The number of hydrogen-bond donors (Lipinski definition) is 3. The van der Waals surface area contributed by atoms with E-state index in [9.17, 15) is 19.5 Å². The van der Waals surface area contributed by atoms with Crippen LogP contribution in [0.5, 0.6) is 0 Å². The third-order valence-corrected chi connectivity index (χ3v) is 7.08. The van der Waals surface area contributed by atoms with Crippen molar-refractivity contribution in [1.29, 1.82) is 0 Å². The van der Waals surface area contributed by atoms with Crippen molar-refractivity contribution in [1.82, 2.24) is 20.0 Å². The smallest absolute Gasteiger partial charge is 0.336 e. The number of aromatic nitrogens is 4. The lowest BCUT2D eigenvalue weighted by atomic mass is 9.95. The molecule has 0 saturated carbocycles. The molecule has 0 aliphatic carbocycles. The Hall–Kier alpha value is -4.83. The van der Waals surface area contributed by atoms with Gasteiger partial charge in [-0.3, -0.25) is 14.3 Å². The lowest BCUT2D eigenvalue weighted by Crippen LogP contribution is -2.16. The molecule has 1 aliphatic heterocycles. The quantitative estimate of drug-likeness (QED) is 0.303. The molecule has 5 aromatic rings. The number of ether oxygens (including phenoxy) is 1. The predicted octanol–water partition coefficient (Wildman–Crippen LogP) is 4.24. The van der Waals surface area contributed by atoms with Crippen LogP contribution in [-0.4, -0.2) is 50.2 Å². The number of aromatic carboxylic acids is 1. The number of hydrogen-bond acceptors (Lipinski definition) is 6. The van der Waals surface area contributed by atoms with E-state index in [1.165, 1.54) is 6.07 Å². The van der Waals surface area contributed by atoms with Gasteiger partial charge in [-0.2, -0.15) is 10.2 Å². The summed E-state index contributed by atoms with van der Waals surface area (Å²) >= 11 is 0. The van der Waals surface area contributed by atoms with E-state index in [-0.39, 0.29) is 16.8 Å². The van der Waals surface area contributed by atoms with Gasteiger partial charge >= 0.3 is 5.97 Å². The van der Waals surface area contributed by atoms with E-state index in [1.54, 1.807) is 37.3 Å². The standard InChI is InChI=1S/C29H25N5O5/c1-16-12-18(13-22(29(37)38)24(16)25-19-6-2-3-7-20(19)27(35)32-31-25)30-28(36)26-21-8-4-5-9-23(21)34(33-26)14-17-10-11-39-15-17/h2-9,12-13,17H,10-11,14-15H2,1H3,(H,30,36)(H,32,35)(H,37,38). The van der Waals surface area contributed by atoms with Crippen molar-refractivity contribution in [2.45, 2.75) is 19.9 Å². The zero-order valence-corrected chi connectivity index (χ0v) is 21.1. The summed E-state index contributed by atoms with van der Waals surface area (Å²) in [5.74, 6) is -1.30. The minimum absolute atomic E-state index is 0.0494. The van der Waals surface area contributed by atoms with Crippen molar-refractivity contribution in [3.05, 3.63) is 87.8 Å². The molecule has 1 fully saturated rings. The van der Waals surface area contributed by atoms with Crippen molar-refractivity contribution in [2.75, 3.05) is 18.5 Å². The monoisotopic (exact) mass is 523 g/mol. The van der Waals surface area contributed by atoms with Crippen LogP contribution in [0.3, 0.4) is 0 Å². The molecule has 196 valence electrons. The maximum absolute atomic E-state index is 13.4. The second-order valence-electron chi connectivity index (χ2n) is 9.70. The van der Waals surface area contributed by atoms with Crippen LogP contribution in [0.25, 0.3) is 32.9 Å². The van der Waals surface area contributed by atoms with Crippen LogP contribution in [0.15, 0.2) is 65.5 Å². The minimum atomic E-state index is -1.19. The lowest BCUT2D eigenvalue weighted by molar-refractivity contribution is 0.0697. The zero-order chi connectivity index (χ0) is 27.1. The van der Waals surface area contributed by atoms with Crippen LogP contribution in [0.1, 0.15) is 32.8 Å². The van der Waals surface area contributed by atoms with Gasteiger partial charge in [-0.1, -0.05) is 36.4 Å². The third-order valence-electron chi connectivity index (χ3n) is 7.08. The number of aryl methyl sites for hydroxylation is 1. The summed E-state index contributed by atoms with van der Waals surface area (Å²) in [5, 5.41) is 25.9. The van der Waals surface area contributed by atoms with Crippen molar-refractivity contribution in [3.8, 4) is 11.3 Å². The molecular weight excluding hydrogens is 498 g/mol. The van der Waals surface area contributed by atoms with Gasteiger partial charge in [0.05, 0.1) is 28.8 Å². The summed E-state index contributed by atoms with van der Waals surface area (Å²) in [6.45, 7) is 3.78. The van der Waals surface area contributed by atoms with Crippen molar-refractivity contribution in [2.24, 2.45) is 5.92 Å². The molecule has 1 amide bonds. The van der Waals surface area contributed by atoms with Gasteiger partial charge in [-0.15, -0.1) is 0 Å². The third kappa shape index (κ3) is 4.44. The number of benzene rings is 3. The van der Waals surface area contributed by atoms with Crippen molar-refractivity contribution < 1.29 is 19.4 Å². The summed E-state index contributed by atoms with van der Waals surface area (Å²) in [6, 6.07) is 17.5. The second-order valence-corrected chi connectivity index (χ2v) is 9.70. The Morgan fingerprint density at radius 1 is 1.10 bits per heavy atom. The number of nitrogens with zero attached hydrogens (tertiary/aromatic N) is 3. The Kier molecular flexibility index (Phi) is 6.16. The molecule has 1 aliphatic rings. The highest BCUT2D eigenvalue weighted by molar-refractivity contribution is 6.12. The molecular formula is C29H25N5O5. The van der Waals surface area contributed by atoms with E-state index in [2.05, 4.69) is 20.6 Å². The van der Waals surface area contributed by atoms with Crippen LogP contribution >= 0.6 is 0 Å². The van der Waals surface area contributed by atoms with Crippen molar-refractivity contribution in [3.63, 3.8) is 0 Å². The van der Waals surface area contributed by atoms with Crippen LogP contribution < -0.4 is 10.9 Å². The molecule has 10 nitrogen and oxygen atoms in total. The van der Waals surface area contributed by atoms with Crippen LogP contribution in [0, 0.1) is 12.8 Å². The molecule has 3 aromatic carbocycles. The first kappa shape index (κ1) is 24.5. The highest BCUT2D eigenvalue weighted by Gasteiger charge is 2.24. The average Bonchev–Trinajstić information content (AvgIpc) is 3.58. The van der Waals surface area contributed by atoms with Gasteiger partial charge in [0.25, 0.3) is 11.5 Å². The number of fused-ring (bicyclic) bond motifs is 2. The highest BCUT2D eigenvalue weighted by Crippen LogP contribution is 2.33. The van der Waals surface area contributed by atoms with Crippen LogP contribution in [0.4, 0.5) is 5.69 Å². The first-order valence-corrected chi connectivity index (χ1v) is 12.6. The molecule has 1 unspecified atom stereocenters. The number of carboxylic acid groups (broad SMARTS) is 1. The SMILES string of the molecule is Cc1cc(NC(=O)c2nn(CC3CCOC3)c3ccccc23)cc(C(=O)O)c1-c1n[nH]c(=O)c2ccccc12. The number of carbonyl (C=O) groups excluding carboxylic acids is 1. The number of para-hydroxylation sites is 1.